The fourth-order valence-electron chi connectivity index (χ4n) is 0.898. The quantitative estimate of drug-likeness (QED) is 0.834. The summed E-state index contributed by atoms with van der Waals surface area (Å²) in [6.45, 7) is 0. The summed E-state index contributed by atoms with van der Waals surface area (Å²) in [7, 11) is 0. The molecule has 0 atom stereocenters. The summed E-state index contributed by atoms with van der Waals surface area (Å²) in [6.07, 6.45) is -4.08. The average molecular weight is 334 g/mol. The van der Waals surface area contributed by atoms with Gasteiger partial charge in [-0.3, -0.25) is 4.79 Å². The van der Waals surface area contributed by atoms with Crippen LogP contribution in [0.15, 0.2) is 22.7 Å². The van der Waals surface area contributed by atoms with Crippen LogP contribution in [0.1, 0.15) is 0 Å². The normalized spacial score (nSPS) is 11.7. The summed E-state index contributed by atoms with van der Waals surface area (Å²) >= 11 is 8.62. The number of hydrogen-bond donors (Lipinski definition) is 1. The molecule has 0 aliphatic rings. The van der Waals surface area contributed by atoms with E-state index in [9.17, 15) is 22.4 Å². The average Bonchev–Trinajstić information content (AvgIpc) is 2.23. The molecule has 0 radical (unpaired) electrons. The Balaban J connectivity index is 2.92. The lowest BCUT2D eigenvalue weighted by atomic mass is 10.2. The molecule has 1 aromatic carbocycles. The Morgan fingerprint density at radius 1 is 1.41 bits per heavy atom. The van der Waals surface area contributed by atoms with E-state index in [1.54, 1.807) is 5.32 Å². The van der Waals surface area contributed by atoms with Gasteiger partial charge in [0.2, 0.25) is 0 Å². The van der Waals surface area contributed by atoms with Gasteiger partial charge < -0.3 is 5.32 Å². The van der Waals surface area contributed by atoms with E-state index in [1.165, 1.54) is 18.2 Å². The number of benzene rings is 1. The number of alkyl halides is 4. The van der Waals surface area contributed by atoms with Gasteiger partial charge in [0.15, 0.2) is 0 Å². The van der Waals surface area contributed by atoms with Crippen LogP contribution in [0.4, 0.5) is 23.2 Å². The number of amides is 1. The molecule has 1 rings (SSSR count). The number of carbonyl (C=O) groups excluding carboxylic acids is 1. The number of rotatable bonds is 3. The molecule has 1 aromatic rings. The van der Waals surface area contributed by atoms with Crippen LogP contribution in [0.5, 0.6) is 0 Å². The van der Waals surface area contributed by atoms with E-state index in [0.29, 0.717) is 4.47 Å². The first-order valence-electron chi connectivity index (χ1n) is 4.17. The Morgan fingerprint density at radius 3 is 2.53 bits per heavy atom. The molecule has 0 bridgehead atoms. The zero-order valence-corrected chi connectivity index (χ0v) is 10.3. The number of halogens is 6. The van der Waals surface area contributed by atoms with Crippen LogP contribution < -0.4 is 5.32 Å². The second-order valence-corrected chi connectivity index (χ2v) is 4.32. The summed E-state index contributed by atoms with van der Waals surface area (Å²) in [5.41, 5.74) is -0.175. The molecule has 1 N–H and O–H groups in total. The van der Waals surface area contributed by atoms with Crippen molar-refractivity contribution >= 4 is 39.1 Å². The first-order chi connectivity index (χ1) is 7.75. The topological polar surface area (TPSA) is 29.1 Å². The Morgan fingerprint density at radius 2 is 2.00 bits per heavy atom. The molecule has 0 unspecified atom stereocenters. The number of anilines is 1. The molecule has 0 aromatic heterocycles. The Bertz CT molecular complexity index is 441. The van der Waals surface area contributed by atoms with E-state index < -0.39 is 18.3 Å². The van der Waals surface area contributed by atoms with Gasteiger partial charge in [-0.05, 0) is 18.2 Å². The lowest BCUT2D eigenvalue weighted by Crippen LogP contribution is -2.41. The van der Waals surface area contributed by atoms with Gasteiger partial charge in [-0.2, -0.15) is 8.78 Å². The molecule has 1 amide bonds. The minimum absolute atomic E-state index is 0.0355. The van der Waals surface area contributed by atoms with Crippen LogP contribution in [0.3, 0.4) is 0 Å². The number of carbonyl (C=O) groups is 1. The van der Waals surface area contributed by atoms with E-state index in [1.807, 2.05) is 0 Å². The second-order valence-electron chi connectivity index (χ2n) is 3.00. The molecular weight excluding hydrogens is 329 g/mol. The van der Waals surface area contributed by atoms with Gasteiger partial charge in [0.25, 0.3) is 0 Å². The maximum atomic E-state index is 12.6. The van der Waals surface area contributed by atoms with Crippen molar-refractivity contribution in [1.29, 1.82) is 0 Å². The van der Waals surface area contributed by atoms with Crippen molar-refractivity contribution in [2.75, 3.05) is 5.32 Å². The van der Waals surface area contributed by atoms with Crippen molar-refractivity contribution in [2.24, 2.45) is 0 Å². The van der Waals surface area contributed by atoms with E-state index in [2.05, 4.69) is 15.9 Å². The monoisotopic (exact) mass is 333 g/mol. The smallest absolute Gasteiger partial charge is 0.319 e. The van der Waals surface area contributed by atoms with E-state index in [0.717, 1.165) is 0 Å². The lowest BCUT2D eigenvalue weighted by Gasteiger charge is -2.15. The zero-order chi connectivity index (χ0) is 13.2. The molecule has 0 aliphatic heterocycles. The van der Waals surface area contributed by atoms with E-state index in [4.69, 9.17) is 11.6 Å². The van der Waals surface area contributed by atoms with Gasteiger partial charge in [-0.15, -0.1) is 0 Å². The third-order valence-electron chi connectivity index (χ3n) is 1.75. The molecule has 0 spiro atoms. The molecular formula is C9H5BrClF4NO. The molecule has 2 nitrogen and oxygen atoms in total. The van der Waals surface area contributed by atoms with Gasteiger partial charge >= 0.3 is 18.3 Å². The molecule has 0 fully saturated rings. The fraction of sp³-hybridized carbons (Fsp3) is 0.222. The Hall–Kier alpha value is -0.820. The van der Waals surface area contributed by atoms with Crippen LogP contribution in [0, 0.1) is 0 Å². The zero-order valence-electron chi connectivity index (χ0n) is 7.99. The maximum absolute atomic E-state index is 12.6. The van der Waals surface area contributed by atoms with Crippen LogP contribution in [-0.2, 0) is 4.79 Å². The first-order valence-corrected chi connectivity index (χ1v) is 5.34. The second kappa shape index (κ2) is 5.22. The standard InChI is InChI=1S/C9H5BrClF4NO/c10-4-1-2-5(11)6(3-4)16-8(17)9(14,15)7(12)13/h1-3,7H,(H,16,17). The predicted octanol–water partition coefficient (Wildman–Crippen LogP) is 3.94. The fourth-order valence-corrected chi connectivity index (χ4v) is 1.42. The third kappa shape index (κ3) is 3.32. The highest BCUT2D eigenvalue weighted by molar-refractivity contribution is 9.10. The van der Waals surface area contributed by atoms with Crippen molar-refractivity contribution in [3.8, 4) is 0 Å². The lowest BCUT2D eigenvalue weighted by molar-refractivity contribution is -0.163. The van der Waals surface area contributed by atoms with Crippen molar-refractivity contribution in [2.45, 2.75) is 12.3 Å². The van der Waals surface area contributed by atoms with Gasteiger partial charge in [-0.1, -0.05) is 27.5 Å². The number of hydrogen-bond acceptors (Lipinski definition) is 1. The highest BCUT2D eigenvalue weighted by atomic mass is 79.9. The summed E-state index contributed by atoms with van der Waals surface area (Å²) in [5, 5.41) is 1.61. The Labute approximate surface area is 107 Å². The van der Waals surface area contributed by atoms with Crippen molar-refractivity contribution in [3.05, 3.63) is 27.7 Å². The van der Waals surface area contributed by atoms with E-state index in [-0.39, 0.29) is 10.7 Å². The number of nitrogens with one attached hydrogen (secondary N) is 1. The van der Waals surface area contributed by atoms with Crippen LogP contribution >= 0.6 is 27.5 Å². The highest BCUT2D eigenvalue weighted by Gasteiger charge is 2.49. The van der Waals surface area contributed by atoms with Gasteiger partial charge in [0, 0.05) is 4.47 Å². The minimum Gasteiger partial charge on any atom is -0.319 e. The first kappa shape index (κ1) is 14.2. The molecule has 94 valence electrons. The minimum atomic E-state index is -4.76. The SMILES string of the molecule is O=C(Nc1cc(Br)ccc1Cl)C(F)(F)C(F)F. The van der Waals surface area contributed by atoms with Crippen molar-refractivity contribution < 1.29 is 22.4 Å². The van der Waals surface area contributed by atoms with Crippen molar-refractivity contribution in [3.63, 3.8) is 0 Å². The summed E-state index contributed by atoms with van der Waals surface area (Å²) in [6, 6.07) is 4.05. The van der Waals surface area contributed by atoms with Crippen LogP contribution in [0.2, 0.25) is 5.02 Å². The molecule has 17 heavy (non-hydrogen) atoms. The highest BCUT2D eigenvalue weighted by Crippen LogP contribution is 2.29. The largest absolute Gasteiger partial charge is 0.383 e. The van der Waals surface area contributed by atoms with E-state index >= 15 is 0 Å². The molecule has 0 saturated heterocycles. The summed E-state index contributed by atoms with van der Waals surface area (Å²) in [5.74, 6) is -6.86. The van der Waals surface area contributed by atoms with Crippen LogP contribution in [-0.4, -0.2) is 18.3 Å². The predicted molar refractivity (Wildman–Crippen MR) is 58.7 cm³/mol. The maximum Gasteiger partial charge on any atom is 0.383 e. The van der Waals surface area contributed by atoms with Crippen LogP contribution in [0.25, 0.3) is 0 Å². The molecule has 0 heterocycles. The van der Waals surface area contributed by atoms with Gasteiger partial charge in [0.1, 0.15) is 0 Å². The van der Waals surface area contributed by atoms with Crippen molar-refractivity contribution in [1.82, 2.24) is 0 Å². The summed E-state index contributed by atoms with van der Waals surface area (Å²) < 4.78 is 49.5. The summed E-state index contributed by atoms with van der Waals surface area (Å²) in [4.78, 5) is 10.9. The third-order valence-corrected chi connectivity index (χ3v) is 2.58. The van der Waals surface area contributed by atoms with Gasteiger partial charge in [-0.25, -0.2) is 8.78 Å². The molecule has 0 saturated carbocycles. The Kier molecular flexibility index (Phi) is 4.37. The molecule has 8 heteroatoms. The van der Waals surface area contributed by atoms with Gasteiger partial charge in [0.05, 0.1) is 10.7 Å². The molecule has 0 aliphatic carbocycles.